The largest absolute Gasteiger partial charge is 0.361 e. The van der Waals surface area contributed by atoms with Gasteiger partial charge in [0.15, 0.2) is 0 Å². The van der Waals surface area contributed by atoms with E-state index in [-0.39, 0.29) is 0 Å². The molecule has 0 radical (unpaired) electrons. The maximum Gasteiger partial charge on any atom is 0.138 e. The molecule has 1 aliphatic rings. The number of aromatic nitrogens is 1. The molecular formula is C12H21N3O. The Labute approximate surface area is 97.0 Å². The van der Waals surface area contributed by atoms with Crippen molar-refractivity contribution in [2.24, 2.45) is 0 Å². The molecule has 1 aliphatic heterocycles. The quantitative estimate of drug-likeness (QED) is 0.824. The zero-order valence-electron chi connectivity index (χ0n) is 10.6. The van der Waals surface area contributed by atoms with Crippen LogP contribution in [-0.2, 0) is 6.54 Å². The van der Waals surface area contributed by atoms with Gasteiger partial charge in [-0.3, -0.25) is 4.90 Å². The molecule has 0 saturated carbocycles. The van der Waals surface area contributed by atoms with Gasteiger partial charge in [-0.25, -0.2) is 0 Å². The molecule has 4 heteroatoms. The van der Waals surface area contributed by atoms with Gasteiger partial charge >= 0.3 is 0 Å². The summed E-state index contributed by atoms with van der Waals surface area (Å²) in [5.74, 6) is 0.954. The second kappa shape index (κ2) is 4.55. The SMILES string of the molecule is Cc1noc(C)c1CN1C(C)CNCC1C. The first kappa shape index (κ1) is 11.6. The molecule has 1 fully saturated rings. The van der Waals surface area contributed by atoms with Crippen LogP contribution in [0.25, 0.3) is 0 Å². The van der Waals surface area contributed by atoms with Crippen molar-refractivity contribution in [3.8, 4) is 0 Å². The van der Waals surface area contributed by atoms with Crippen LogP contribution in [0.15, 0.2) is 4.52 Å². The summed E-state index contributed by atoms with van der Waals surface area (Å²) in [4.78, 5) is 2.52. The fourth-order valence-corrected chi connectivity index (χ4v) is 2.39. The van der Waals surface area contributed by atoms with Gasteiger partial charge in [0.2, 0.25) is 0 Å². The van der Waals surface area contributed by atoms with E-state index in [4.69, 9.17) is 4.52 Å². The Morgan fingerprint density at radius 2 is 1.94 bits per heavy atom. The summed E-state index contributed by atoms with van der Waals surface area (Å²) in [6.07, 6.45) is 0. The lowest BCUT2D eigenvalue weighted by Gasteiger charge is -2.39. The predicted molar refractivity (Wildman–Crippen MR) is 63.3 cm³/mol. The van der Waals surface area contributed by atoms with E-state index in [9.17, 15) is 0 Å². The molecule has 2 atom stereocenters. The first-order valence-corrected chi connectivity index (χ1v) is 5.97. The molecule has 90 valence electrons. The Morgan fingerprint density at radius 3 is 2.44 bits per heavy atom. The molecule has 1 saturated heterocycles. The van der Waals surface area contributed by atoms with E-state index >= 15 is 0 Å². The molecule has 1 aromatic heterocycles. The average molecular weight is 223 g/mol. The van der Waals surface area contributed by atoms with E-state index in [0.717, 1.165) is 31.1 Å². The second-order valence-electron chi connectivity index (χ2n) is 4.83. The van der Waals surface area contributed by atoms with E-state index in [0.29, 0.717) is 12.1 Å². The second-order valence-corrected chi connectivity index (χ2v) is 4.83. The number of piperazine rings is 1. The van der Waals surface area contributed by atoms with Crippen molar-refractivity contribution >= 4 is 0 Å². The fourth-order valence-electron chi connectivity index (χ4n) is 2.39. The monoisotopic (exact) mass is 223 g/mol. The summed E-state index contributed by atoms with van der Waals surface area (Å²) in [7, 11) is 0. The molecule has 1 N–H and O–H groups in total. The number of aryl methyl sites for hydroxylation is 2. The van der Waals surface area contributed by atoms with Gasteiger partial charge in [0, 0.05) is 37.3 Å². The molecule has 16 heavy (non-hydrogen) atoms. The average Bonchev–Trinajstić information content (AvgIpc) is 2.54. The van der Waals surface area contributed by atoms with Crippen LogP contribution >= 0.6 is 0 Å². The third-order valence-corrected chi connectivity index (χ3v) is 3.53. The molecule has 0 amide bonds. The van der Waals surface area contributed by atoms with E-state index in [1.807, 2.05) is 13.8 Å². The number of nitrogens with zero attached hydrogens (tertiary/aromatic N) is 2. The molecular weight excluding hydrogens is 202 g/mol. The van der Waals surface area contributed by atoms with Gasteiger partial charge in [-0.2, -0.15) is 0 Å². The Kier molecular flexibility index (Phi) is 3.30. The lowest BCUT2D eigenvalue weighted by molar-refractivity contribution is 0.108. The van der Waals surface area contributed by atoms with Crippen molar-refractivity contribution in [2.45, 2.75) is 46.3 Å². The topological polar surface area (TPSA) is 41.3 Å². The lowest BCUT2D eigenvalue weighted by Crippen LogP contribution is -2.54. The van der Waals surface area contributed by atoms with Crippen molar-refractivity contribution in [3.05, 3.63) is 17.0 Å². The van der Waals surface area contributed by atoms with Crippen LogP contribution < -0.4 is 5.32 Å². The van der Waals surface area contributed by atoms with Crippen LogP contribution in [0.5, 0.6) is 0 Å². The van der Waals surface area contributed by atoms with Gasteiger partial charge in [0.25, 0.3) is 0 Å². The van der Waals surface area contributed by atoms with Gasteiger partial charge in [0.05, 0.1) is 5.69 Å². The maximum absolute atomic E-state index is 5.22. The number of hydrogen-bond donors (Lipinski definition) is 1. The summed E-state index contributed by atoms with van der Waals surface area (Å²) in [5, 5.41) is 7.46. The molecule has 0 bridgehead atoms. The minimum Gasteiger partial charge on any atom is -0.361 e. The van der Waals surface area contributed by atoms with Gasteiger partial charge in [-0.15, -0.1) is 0 Å². The number of rotatable bonds is 2. The van der Waals surface area contributed by atoms with Crippen LogP contribution in [0.2, 0.25) is 0 Å². The van der Waals surface area contributed by atoms with Crippen molar-refractivity contribution in [1.82, 2.24) is 15.4 Å². The minimum atomic E-state index is 0.567. The summed E-state index contributed by atoms with van der Waals surface area (Å²) in [5.41, 5.74) is 2.27. The summed E-state index contributed by atoms with van der Waals surface area (Å²) < 4.78 is 5.22. The highest BCUT2D eigenvalue weighted by Crippen LogP contribution is 2.19. The van der Waals surface area contributed by atoms with Crippen LogP contribution in [0, 0.1) is 13.8 Å². The molecule has 2 heterocycles. The molecule has 1 aromatic rings. The Balaban J connectivity index is 2.13. The van der Waals surface area contributed by atoms with E-state index in [2.05, 4.69) is 29.2 Å². The lowest BCUT2D eigenvalue weighted by atomic mass is 10.1. The van der Waals surface area contributed by atoms with Crippen molar-refractivity contribution in [1.29, 1.82) is 0 Å². The van der Waals surface area contributed by atoms with Crippen LogP contribution in [0.4, 0.5) is 0 Å². The highest BCUT2D eigenvalue weighted by atomic mass is 16.5. The standard InChI is InChI=1S/C12H21N3O/c1-8-5-13-6-9(2)15(8)7-12-10(3)14-16-11(12)4/h8-9,13H,5-7H2,1-4H3. The first-order chi connectivity index (χ1) is 7.59. The molecule has 2 unspecified atom stereocenters. The first-order valence-electron chi connectivity index (χ1n) is 5.97. The maximum atomic E-state index is 5.22. The van der Waals surface area contributed by atoms with Crippen molar-refractivity contribution in [2.75, 3.05) is 13.1 Å². The molecule has 2 rings (SSSR count). The smallest absolute Gasteiger partial charge is 0.138 e. The fraction of sp³-hybridized carbons (Fsp3) is 0.750. The zero-order valence-corrected chi connectivity index (χ0v) is 10.6. The normalized spacial score (nSPS) is 27.2. The summed E-state index contributed by atoms with van der Waals surface area (Å²) >= 11 is 0. The summed E-state index contributed by atoms with van der Waals surface area (Å²) in [6.45, 7) is 11.6. The highest BCUT2D eigenvalue weighted by Gasteiger charge is 2.26. The van der Waals surface area contributed by atoms with Gasteiger partial charge in [-0.05, 0) is 27.7 Å². The van der Waals surface area contributed by atoms with Crippen LogP contribution in [0.3, 0.4) is 0 Å². The third-order valence-electron chi connectivity index (χ3n) is 3.53. The predicted octanol–water partition coefficient (Wildman–Crippen LogP) is 1.47. The van der Waals surface area contributed by atoms with Gasteiger partial charge in [-0.1, -0.05) is 5.16 Å². The zero-order chi connectivity index (χ0) is 11.7. The van der Waals surface area contributed by atoms with Crippen molar-refractivity contribution in [3.63, 3.8) is 0 Å². The Morgan fingerprint density at radius 1 is 1.31 bits per heavy atom. The molecule has 4 nitrogen and oxygen atoms in total. The van der Waals surface area contributed by atoms with E-state index in [1.54, 1.807) is 0 Å². The minimum absolute atomic E-state index is 0.567. The van der Waals surface area contributed by atoms with Crippen molar-refractivity contribution < 1.29 is 4.52 Å². The number of nitrogens with one attached hydrogen (secondary N) is 1. The van der Waals surface area contributed by atoms with Gasteiger partial charge < -0.3 is 9.84 Å². The van der Waals surface area contributed by atoms with Crippen LogP contribution in [-0.4, -0.2) is 35.2 Å². The van der Waals surface area contributed by atoms with E-state index < -0.39 is 0 Å². The highest BCUT2D eigenvalue weighted by molar-refractivity contribution is 5.20. The van der Waals surface area contributed by atoms with Gasteiger partial charge in [0.1, 0.15) is 5.76 Å². The Bertz CT molecular complexity index is 332. The van der Waals surface area contributed by atoms with E-state index in [1.165, 1.54) is 5.56 Å². The molecule has 0 aliphatic carbocycles. The summed E-state index contributed by atoms with van der Waals surface area (Å²) in [6, 6.07) is 1.13. The number of hydrogen-bond acceptors (Lipinski definition) is 4. The molecule has 0 aromatic carbocycles. The van der Waals surface area contributed by atoms with Crippen LogP contribution in [0.1, 0.15) is 30.9 Å². The Hall–Kier alpha value is -0.870. The third kappa shape index (κ3) is 2.13. The molecule has 0 spiro atoms.